The van der Waals surface area contributed by atoms with Crippen molar-refractivity contribution in [3.05, 3.63) is 87.4 Å². The van der Waals surface area contributed by atoms with Crippen molar-refractivity contribution in [1.82, 2.24) is 0 Å². The van der Waals surface area contributed by atoms with Gasteiger partial charge in [0.25, 0.3) is 11.8 Å². The average Bonchev–Trinajstić information content (AvgIpc) is 3.05. The van der Waals surface area contributed by atoms with E-state index in [2.05, 4.69) is 5.32 Å². The summed E-state index contributed by atoms with van der Waals surface area (Å²) in [4.78, 5) is 29.0. The van der Waals surface area contributed by atoms with E-state index in [1.165, 1.54) is 24.9 Å². The molecule has 1 N–H and O–H groups in total. The van der Waals surface area contributed by atoms with Crippen LogP contribution in [-0.4, -0.2) is 26.0 Å². The maximum atomic E-state index is 13.5. The first-order valence-corrected chi connectivity index (χ1v) is 11.3. The van der Waals surface area contributed by atoms with Crippen LogP contribution in [0, 0.1) is 0 Å². The monoisotopic (exact) mass is 500 g/mol. The molecule has 0 saturated heterocycles. The van der Waals surface area contributed by atoms with E-state index in [4.69, 9.17) is 32.7 Å². The Kier molecular flexibility index (Phi) is 6.83. The van der Waals surface area contributed by atoms with Crippen LogP contribution >= 0.6 is 35.0 Å². The van der Waals surface area contributed by atoms with E-state index in [1.54, 1.807) is 37.4 Å². The molecule has 0 aliphatic carbocycles. The largest absolute Gasteiger partial charge is 0.497 e. The number of benzene rings is 3. The van der Waals surface area contributed by atoms with E-state index in [-0.39, 0.29) is 15.6 Å². The van der Waals surface area contributed by atoms with Gasteiger partial charge in [-0.2, -0.15) is 0 Å². The molecule has 0 spiro atoms. The molecule has 1 heterocycles. The van der Waals surface area contributed by atoms with E-state index in [9.17, 15) is 9.59 Å². The van der Waals surface area contributed by atoms with Gasteiger partial charge in [-0.25, -0.2) is 4.90 Å². The number of hydrogen-bond donors (Lipinski definition) is 1. The van der Waals surface area contributed by atoms with Crippen molar-refractivity contribution in [2.75, 3.05) is 24.4 Å². The van der Waals surface area contributed by atoms with Crippen LogP contribution in [0.1, 0.15) is 0 Å². The Labute approximate surface area is 205 Å². The molecule has 3 aromatic rings. The molecule has 0 fully saturated rings. The summed E-state index contributed by atoms with van der Waals surface area (Å²) >= 11 is 13.4. The van der Waals surface area contributed by atoms with E-state index in [1.807, 2.05) is 30.3 Å². The maximum Gasteiger partial charge on any atom is 0.283 e. The minimum absolute atomic E-state index is 0.128. The standard InChI is InChI=1S/C24H18Cl2N2O4S/c1-31-15-9-11-19(20(13-15)32-2)27-21-22(33-16-6-4-3-5-7-16)24(30)28(23(21)29)14-8-10-17(25)18(26)12-14/h3-13,27H,1-2H3. The van der Waals surface area contributed by atoms with Crippen LogP contribution in [0.2, 0.25) is 10.0 Å². The number of halogens is 2. The molecule has 4 rings (SSSR count). The predicted molar refractivity (Wildman–Crippen MR) is 131 cm³/mol. The summed E-state index contributed by atoms with van der Waals surface area (Å²) < 4.78 is 10.7. The number of hydrogen-bond acceptors (Lipinski definition) is 6. The molecule has 0 aromatic heterocycles. The van der Waals surface area contributed by atoms with Gasteiger partial charge in [0, 0.05) is 11.0 Å². The fraction of sp³-hybridized carbons (Fsp3) is 0.0833. The summed E-state index contributed by atoms with van der Waals surface area (Å²) in [7, 11) is 3.06. The molecule has 168 valence electrons. The second-order valence-corrected chi connectivity index (χ2v) is 8.75. The van der Waals surface area contributed by atoms with E-state index < -0.39 is 11.8 Å². The Morgan fingerprint density at radius 2 is 1.61 bits per heavy atom. The molecular formula is C24H18Cl2N2O4S. The molecule has 0 unspecified atom stereocenters. The summed E-state index contributed by atoms with van der Waals surface area (Å²) in [6.07, 6.45) is 0. The minimum Gasteiger partial charge on any atom is -0.497 e. The Morgan fingerprint density at radius 3 is 2.27 bits per heavy atom. The van der Waals surface area contributed by atoms with Gasteiger partial charge in [-0.1, -0.05) is 53.2 Å². The number of imide groups is 1. The van der Waals surface area contributed by atoms with Gasteiger partial charge in [0.05, 0.1) is 35.6 Å². The maximum absolute atomic E-state index is 13.5. The number of methoxy groups -OCH3 is 2. The van der Waals surface area contributed by atoms with Gasteiger partial charge in [-0.05, 0) is 42.5 Å². The number of rotatable bonds is 7. The summed E-state index contributed by atoms with van der Waals surface area (Å²) in [6, 6.07) is 19.1. The zero-order valence-corrected chi connectivity index (χ0v) is 19.9. The first kappa shape index (κ1) is 23.0. The highest BCUT2D eigenvalue weighted by atomic mass is 35.5. The van der Waals surface area contributed by atoms with Gasteiger partial charge in [-0.3, -0.25) is 9.59 Å². The third-order valence-electron chi connectivity index (χ3n) is 4.83. The van der Waals surface area contributed by atoms with Crippen molar-refractivity contribution in [3.63, 3.8) is 0 Å². The van der Waals surface area contributed by atoms with E-state index >= 15 is 0 Å². The highest BCUT2D eigenvalue weighted by Crippen LogP contribution is 2.40. The molecule has 0 atom stereocenters. The molecule has 9 heteroatoms. The number of thioether (sulfide) groups is 1. The lowest BCUT2D eigenvalue weighted by molar-refractivity contribution is -0.120. The summed E-state index contributed by atoms with van der Waals surface area (Å²) in [5.74, 6) is 0.0626. The van der Waals surface area contributed by atoms with Gasteiger partial charge >= 0.3 is 0 Å². The van der Waals surface area contributed by atoms with Crippen LogP contribution in [0.5, 0.6) is 11.5 Å². The highest BCUT2D eigenvalue weighted by molar-refractivity contribution is 8.04. The molecule has 33 heavy (non-hydrogen) atoms. The van der Waals surface area contributed by atoms with Gasteiger partial charge in [-0.15, -0.1) is 0 Å². The van der Waals surface area contributed by atoms with Gasteiger partial charge in [0.15, 0.2) is 0 Å². The molecule has 0 radical (unpaired) electrons. The fourth-order valence-corrected chi connectivity index (χ4v) is 4.46. The van der Waals surface area contributed by atoms with Crippen LogP contribution in [0.4, 0.5) is 11.4 Å². The second kappa shape index (κ2) is 9.79. The zero-order chi connectivity index (χ0) is 23.5. The lowest BCUT2D eigenvalue weighted by Gasteiger charge is -2.16. The first-order valence-electron chi connectivity index (χ1n) is 9.73. The topological polar surface area (TPSA) is 67.9 Å². The van der Waals surface area contributed by atoms with E-state index in [0.29, 0.717) is 27.9 Å². The lowest BCUT2D eigenvalue weighted by Crippen LogP contribution is -2.32. The van der Waals surface area contributed by atoms with Crippen LogP contribution in [0.15, 0.2) is 82.2 Å². The van der Waals surface area contributed by atoms with Crippen LogP contribution in [-0.2, 0) is 9.59 Å². The molecule has 0 saturated carbocycles. The SMILES string of the molecule is COc1ccc(NC2=C(Sc3ccccc3)C(=O)N(c3ccc(Cl)c(Cl)c3)C2=O)c(OC)c1. The quantitative estimate of drug-likeness (QED) is 0.401. The molecule has 6 nitrogen and oxygen atoms in total. The number of carbonyl (C=O) groups is 2. The summed E-state index contributed by atoms with van der Waals surface area (Å²) in [5.41, 5.74) is 0.962. The van der Waals surface area contributed by atoms with Gasteiger partial charge in [0.2, 0.25) is 0 Å². The van der Waals surface area contributed by atoms with Gasteiger partial charge < -0.3 is 14.8 Å². The zero-order valence-electron chi connectivity index (χ0n) is 17.6. The smallest absolute Gasteiger partial charge is 0.283 e. The predicted octanol–water partition coefficient (Wildman–Crippen LogP) is 6.00. The molecule has 2 amide bonds. The van der Waals surface area contributed by atoms with E-state index in [0.717, 1.165) is 9.80 Å². The third-order valence-corrected chi connectivity index (χ3v) is 6.66. The van der Waals surface area contributed by atoms with Crippen molar-refractivity contribution < 1.29 is 19.1 Å². The fourth-order valence-electron chi connectivity index (χ4n) is 3.22. The average molecular weight is 501 g/mol. The molecule has 3 aromatic carbocycles. The number of anilines is 2. The highest BCUT2D eigenvalue weighted by Gasteiger charge is 2.40. The molecule has 1 aliphatic rings. The Hall–Kier alpha value is -3.13. The number of ether oxygens (including phenoxy) is 2. The van der Waals surface area contributed by atoms with Crippen LogP contribution in [0.25, 0.3) is 0 Å². The third kappa shape index (κ3) is 4.66. The summed E-state index contributed by atoms with van der Waals surface area (Å²) in [5, 5.41) is 3.66. The van der Waals surface area contributed by atoms with Crippen LogP contribution in [0.3, 0.4) is 0 Å². The van der Waals surface area contributed by atoms with Crippen molar-refractivity contribution in [1.29, 1.82) is 0 Å². The second-order valence-electron chi connectivity index (χ2n) is 6.85. The Bertz CT molecular complexity index is 1260. The minimum atomic E-state index is -0.519. The van der Waals surface area contributed by atoms with Gasteiger partial charge in [0.1, 0.15) is 22.1 Å². The van der Waals surface area contributed by atoms with Crippen molar-refractivity contribution in [3.8, 4) is 11.5 Å². The molecule has 0 bridgehead atoms. The van der Waals surface area contributed by atoms with Crippen molar-refractivity contribution in [2.24, 2.45) is 0 Å². The number of nitrogens with one attached hydrogen (secondary N) is 1. The Morgan fingerprint density at radius 1 is 0.848 bits per heavy atom. The molecular weight excluding hydrogens is 483 g/mol. The number of amides is 2. The number of nitrogens with zero attached hydrogens (tertiary/aromatic N) is 1. The lowest BCUT2D eigenvalue weighted by atomic mass is 10.2. The normalized spacial score (nSPS) is 13.5. The van der Waals surface area contributed by atoms with Crippen molar-refractivity contribution in [2.45, 2.75) is 4.90 Å². The summed E-state index contributed by atoms with van der Waals surface area (Å²) in [6.45, 7) is 0. The Balaban J connectivity index is 1.77. The molecule has 1 aliphatic heterocycles. The van der Waals surface area contributed by atoms with Crippen LogP contribution < -0.4 is 19.7 Å². The number of carbonyl (C=O) groups excluding carboxylic acids is 2. The van der Waals surface area contributed by atoms with Crippen molar-refractivity contribution >= 4 is 58.2 Å². The first-order chi connectivity index (χ1) is 15.9.